The van der Waals surface area contributed by atoms with Crippen LogP contribution in [0, 0.1) is 0 Å². The number of fused-ring (bicyclic) bond motifs is 10. The van der Waals surface area contributed by atoms with E-state index in [1.165, 1.54) is 6.33 Å². The highest BCUT2D eigenvalue weighted by molar-refractivity contribution is 7.84. The molecule has 194 valence electrons. The number of carbonyl (C=O) groups excluding carboxylic acids is 2. The number of anilines is 2. The van der Waals surface area contributed by atoms with Gasteiger partial charge in [-0.05, 0) is 65.9 Å². The van der Waals surface area contributed by atoms with Gasteiger partial charge in [-0.15, -0.1) is 0 Å². The Morgan fingerprint density at radius 2 is 1.79 bits per heavy atom. The maximum absolute atomic E-state index is 13.6. The first-order chi connectivity index (χ1) is 18.4. The summed E-state index contributed by atoms with van der Waals surface area (Å²) in [5, 5.41) is 9.54. The average molecular weight is 530 g/mol. The fraction of sp³-hybridized carbons (Fsp3) is 0.214. The molecular weight excluding hydrogens is 502 g/mol. The summed E-state index contributed by atoms with van der Waals surface area (Å²) in [6, 6.07) is 17.3. The maximum atomic E-state index is 13.6. The first-order valence-electron chi connectivity index (χ1n) is 12.2. The van der Waals surface area contributed by atoms with E-state index in [0.29, 0.717) is 45.6 Å². The molecule has 2 aliphatic rings. The van der Waals surface area contributed by atoms with Gasteiger partial charge in [-0.25, -0.2) is 4.98 Å². The number of rotatable bonds is 3. The Hall–Kier alpha value is -4.31. The molecule has 3 heterocycles. The Morgan fingerprint density at radius 1 is 0.974 bits per heavy atom. The Labute approximate surface area is 221 Å². The number of aromatic amines is 1. The third kappa shape index (κ3) is 5.65. The lowest BCUT2D eigenvalue weighted by Gasteiger charge is -2.21. The number of nitrogens with zero attached hydrogens (tertiary/aromatic N) is 1. The molecular formula is C28H27N5O4S. The highest BCUT2D eigenvalue weighted by Crippen LogP contribution is 2.25. The monoisotopic (exact) mass is 529 g/mol. The van der Waals surface area contributed by atoms with Crippen LogP contribution in [-0.4, -0.2) is 32.2 Å². The second kappa shape index (κ2) is 11.0. The van der Waals surface area contributed by atoms with Crippen molar-refractivity contribution in [2.45, 2.75) is 36.7 Å². The van der Waals surface area contributed by atoms with Crippen molar-refractivity contribution in [3.05, 3.63) is 94.0 Å². The van der Waals surface area contributed by atoms with Crippen LogP contribution < -0.4 is 21.5 Å². The number of carbonyl (C=O) groups is 2. The second-order valence-electron chi connectivity index (χ2n) is 9.18. The van der Waals surface area contributed by atoms with E-state index in [2.05, 4.69) is 25.9 Å². The maximum Gasteiger partial charge on any atom is 0.258 e. The van der Waals surface area contributed by atoms with Crippen molar-refractivity contribution < 1.29 is 13.8 Å². The summed E-state index contributed by atoms with van der Waals surface area (Å²) in [5.74, 6) is -0.393. The summed E-state index contributed by atoms with van der Waals surface area (Å²) >= 11 is 0. The fourth-order valence-corrected chi connectivity index (χ4v) is 5.30. The van der Waals surface area contributed by atoms with Gasteiger partial charge in [0.1, 0.15) is 6.04 Å². The van der Waals surface area contributed by atoms with E-state index in [9.17, 15) is 18.6 Å². The van der Waals surface area contributed by atoms with Gasteiger partial charge in [0.2, 0.25) is 11.8 Å². The number of nitrogens with one attached hydrogen (secondary N) is 4. The van der Waals surface area contributed by atoms with Crippen LogP contribution >= 0.6 is 0 Å². The molecule has 1 aromatic heterocycles. The molecule has 2 aliphatic heterocycles. The van der Waals surface area contributed by atoms with Gasteiger partial charge in [0.05, 0.1) is 28.0 Å². The molecule has 0 fully saturated rings. The summed E-state index contributed by atoms with van der Waals surface area (Å²) in [6.45, 7) is 0.120. The van der Waals surface area contributed by atoms with E-state index in [4.69, 9.17) is 0 Å². The largest absolute Gasteiger partial charge is 0.370 e. The molecule has 2 unspecified atom stereocenters. The molecule has 0 saturated carbocycles. The number of aryl methyl sites for hydroxylation is 1. The van der Waals surface area contributed by atoms with Gasteiger partial charge in [-0.2, -0.15) is 0 Å². The Morgan fingerprint density at radius 3 is 2.58 bits per heavy atom. The lowest BCUT2D eigenvalue weighted by Crippen LogP contribution is -2.33. The number of amides is 2. The van der Waals surface area contributed by atoms with Gasteiger partial charge in [-0.3, -0.25) is 18.6 Å². The third-order valence-electron chi connectivity index (χ3n) is 6.50. The van der Waals surface area contributed by atoms with Crippen molar-refractivity contribution in [1.82, 2.24) is 15.3 Å². The SMILES string of the molecule is CS(=O)c1ccc2cc1CNC(=O)C(Nc1ccc3nc[nH]c(=O)c3c1)c1ccc(cc1)CCCC(=O)N2. The molecule has 3 aromatic carbocycles. The zero-order valence-electron chi connectivity index (χ0n) is 20.7. The van der Waals surface area contributed by atoms with E-state index >= 15 is 0 Å². The third-order valence-corrected chi connectivity index (χ3v) is 7.52. The molecule has 2 atom stereocenters. The molecule has 6 rings (SSSR count). The van der Waals surface area contributed by atoms with Crippen LogP contribution in [0.3, 0.4) is 0 Å². The molecule has 4 bridgehead atoms. The molecule has 10 heteroatoms. The van der Waals surface area contributed by atoms with Crippen LogP contribution in [0.5, 0.6) is 0 Å². The van der Waals surface area contributed by atoms with Crippen molar-refractivity contribution in [3.63, 3.8) is 0 Å². The quantitative estimate of drug-likeness (QED) is 0.322. The van der Waals surface area contributed by atoms with E-state index in [1.54, 1.807) is 42.7 Å². The van der Waals surface area contributed by atoms with Gasteiger partial charge in [0, 0.05) is 35.5 Å². The number of hydrogen-bond donors (Lipinski definition) is 4. The average Bonchev–Trinajstić information content (AvgIpc) is 2.91. The van der Waals surface area contributed by atoms with Crippen LogP contribution in [0.1, 0.15) is 35.6 Å². The normalized spacial score (nSPS) is 17.0. The molecule has 0 spiro atoms. The molecule has 0 saturated heterocycles. The lowest BCUT2D eigenvalue weighted by molar-refractivity contribution is -0.122. The summed E-state index contributed by atoms with van der Waals surface area (Å²) in [4.78, 5) is 45.6. The van der Waals surface area contributed by atoms with Gasteiger partial charge in [-0.1, -0.05) is 24.3 Å². The van der Waals surface area contributed by atoms with Gasteiger partial charge in [0.25, 0.3) is 5.56 Å². The fourth-order valence-electron chi connectivity index (χ4n) is 4.54. The second-order valence-corrected chi connectivity index (χ2v) is 10.5. The zero-order valence-corrected chi connectivity index (χ0v) is 21.6. The Bertz CT molecular complexity index is 1600. The predicted molar refractivity (Wildman–Crippen MR) is 147 cm³/mol. The molecule has 4 N–H and O–H groups in total. The van der Waals surface area contributed by atoms with Crippen molar-refractivity contribution in [2.75, 3.05) is 16.9 Å². The lowest BCUT2D eigenvalue weighted by atomic mass is 10.0. The highest BCUT2D eigenvalue weighted by atomic mass is 32.2. The smallest absolute Gasteiger partial charge is 0.258 e. The van der Waals surface area contributed by atoms with E-state index < -0.39 is 16.8 Å². The standard InChI is InChI=1S/C28H27N5O4S/c1-38(37)24-12-10-20-13-19(24)15-29-28(36)26(18-7-5-17(6-8-18)3-2-4-25(34)32-20)33-21-9-11-23-22(14-21)27(35)31-16-30-23/h5-14,16,26,33H,2-4,15H2,1H3,(H,29,36)(H,32,34)(H,30,31,35). The van der Waals surface area contributed by atoms with E-state index in [-0.39, 0.29) is 23.9 Å². The van der Waals surface area contributed by atoms with Crippen molar-refractivity contribution >= 4 is 44.9 Å². The molecule has 38 heavy (non-hydrogen) atoms. The van der Waals surface area contributed by atoms with Crippen LogP contribution in [0.15, 0.2) is 76.7 Å². The Kier molecular flexibility index (Phi) is 7.32. The van der Waals surface area contributed by atoms with Crippen LogP contribution in [0.4, 0.5) is 11.4 Å². The van der Waals surface area contributed by atoms with Crippen LogP contribution in [-0.2, 0) is 33.4 Å². The first kappa shape index (κ1) is 25.3. The molecule has 4 aromatic rings. The summed E-state index contributed by atoms with van der Waals surface area (Å²) in [7, 11) is -1.28. The van der Waals surface area contributed by atoms with Crippen molar-refractivity contribution in [2.24, 2.45) is 0 Å². The van der Waals surface area contributed by atoms with Gasteiger partial charge < -0.3 is 20.9 Å². The number of hydrogen-bond acceptors (Lipinski definition) is 6. The van der Waals surface area contributed by atoms with Crippen LogP contribution in [0.25, 0.3) is 10.9 Å². The van der Waals surface area contributed by atoms with E-state index in [0.717, 1.165) is 17.5 Å². The van der Waals surface area contributed by atoms with Crippen molar-refractivity contribution in [1.29, 1.82) is 0 Å². The first-order valence-corrected chi connectivity index (χ1v) is 13.8. The minimum atomic E-state index is -1.28. The van der Waals surface area contributed by atoms with E-state index in [1.807, 2.05) is 24.3 Å². The predicted octanol–water partition coefficient (Wildman–Crippen LogP) is 3.40. The minimum absolute atomic E-state index is 0.0947. The molecule has 2 amide bonds. The molecule has 0 radical (unpaired) electrons. The Balaban J connectivity index is 1.50. The topological polar surface area (TPSA) is 133 Å². The van der Waals surface area contributed by atoms with Crippen LogP contribution in [0.2, 0.25) is 0 Å². The van der Waals surface area contributed by atoms with Gasteiger partial charge in [0.15, 0.2) is 0 Å². The molecule has 9 nitrogen and oxygen atoms in total. The summed E-state index contributed by atoms with van der Waals surface area (Å²) < 4.78 is 12.4. The number of benzene rings is 3. The number of H-pyrrole nitrogens is 1. The molecule has 0 aliphatic carbocycles. The number of aromatic nitrogens is 2. The van der Waals surface area contributed by atoms with Crippen molar-refractivity contribution in [3.8, 4) is 0 Å². The zero-order chi connectivity index (χ0) is 26.6. The minimum Gasteiger partial charge on any atom is -0.370 e. The summed E-state index contributed by atoms with van der Waals surface area (Å²) in [5.41, 5.74) is 3.93. The van der Waals surface area contributed by atoms with Gasteiger partial charge >= 0.3 is 0 Å². The summed E-state index contributed by atoms with van der Waals surface area (Å²) in [6.07, 6.45) is 4.70. The highest BCUT2D eigenvalue weighted by Gasteiger charge is 2.22.